The number of para-hydroxylation sites is 1. The summed E-state index contributed by atoms with van der Waals surface area (Å²) in [6.07, 6.45) is 5.29. The SMILES string of the molecule is CCCCOC(=O)C1C=CN(c2ccccc2)N=C1N. The van der Waals surface area contributed by atoms with Crippen molar-refractivity contribution in [1.29, 1.82) is 0 Å². The van der Waals surface area contributed by atoms with Gasteiger partial charge in [-0.1, -0.05) is 31.5 Å². The van der Waals surface area contributed by atoms with Crippen molar-refractivity contribution < 1.29 is 9.53 Å². The highest BCUT2D eigenvalue weighted by Crippen LogP contribution is 2.19. The van der Waals surface area contributed by atoms with Crippen LogP contribution in [0.15, 0.2) is 47.7 Å². The fourth-order valence-corrected chi connectivity index (χ4v) is 1.82. The maximum atomic E-state index is 11.9. The number of benzene rings is 1. The molecule has 20 heavy (non-hydrogen) atoms. The third kappa shape index (κ3) is 3.38. The van der Waals surface area contributed by atoms with E-state index in [2.05, 4.69) is 5.10 Å². The summed E-state index contributed by atoms with van der Waals surface area (Å²) in [7, 11) is 0. The first-order chi connectivity index (χ1) is 9.72. The molecular weight excluding hydrogens is 254 g/mol. The van der Waals surface area contributed by atoms with E-state index in [-0.39, 0.29) is 11.8 Å². The molecule has 0 saturated carbocycles. The predicted molar refractivity (Wildman–Crippen MR) is 79.0 cm³/mol. The van der Waals surface area contributed by atoms with Gasteiger partial charge < -0.3 is 10.5 Å². The molecule has 2 rings (SSSR count). The predicted octanol–water partition coefficient (Wildman–Crippen LogP) is 2.25. The second kappa shape index (κ2) is 6.75. The average molecular weight is 273 g/mol. The normalized spacial score (nSPS) is 17.8. The number of carbonyl (C=O) groups is 1. The molecule has 5 nitrogen and oxygen atoms in total. The van der Waals surface area contributed by atoms with Gasteiger partial charge in [0.1, 0.15) is 11.8 Å². The molecule has 0 aliphatic carbocycles. The number of nitrogens with zero attached hydrogens (tertiary/aromatic N) is 2. The highest BCUT2D eigenvalue weighted by Gasteiger charge is 2.25. The Bertz CT molecular complexity index is 511. The van der Waals surface area contributed by atoms with E-state index < -0.39 is 5.92 Å². The fraction of sp³-hybridized carbons (Fsp3) is 0.333. The highest BCUT2D eigenvalue weighted by molar-refractivity contribution is 6.03. The van der Waals surface area contributed by atoms with E-state index in [9.17, 15) is 4.79 Å². The Morgan fingerprint density at radius 2 is 2.15 bits per heavy atom. The average Bonchev–Trinajstić information content (AvgIpc) is 2.48. The van der Waals surface area contributed by atoms with Gasteiger partial charge in [-0.3, -0.25) is 4.79 Å². The zero-order valence-electron chi connectivity index (χ0n) is 11.5. The summed E-state index contributed by atoms with van der Waals surface area (Å²) >= 11 is 0. The molecule has 0 radical (unpaired) electrons. The Hall–Kier alpha value is -2.30. The van der Waals surface area contributed by atoms with Gasteiger partial charge in [0, 0.05) is 6.20 Å². The molecule has 1 unspecified atom stereocenters. The lowest BCUT2D eigenvalue weighted by Gasteiger charge is -2.22. The number of rotatable bonds is 5. The van der Waals surface area contributed by atoms with E-state index in [1.807, 2.05) is 37.3 Å². The maximum absolute atomic E-state index is 11.9. The van der Waals surface area contributed by atoms with Gasteiger partial charge in [0.05, 0.1) is 12.3 Å². The van der Waals surface area contributed by atoms with Crippen molar-refractivity contribution >= 4 is 17.5 Å². The third-order valence-electron chi connectivity index (χ3n) is 2.98. The van der Waals surface area contributed by atoms with E-state index in [4.69, 9.17) is 10.5 Å². The number of esters is 1. The van der Waals surface area contributed by atoms with Gasteiger partial charge in [0.2, 0.25) is 0 Å². The lowest BCUT2D eigenvalue weighted by atomic mass is 10.1. The van der Waals surface area contributed by atoms with Crippen molar-refractivity contribution in [3.05, 3.63) is 42.6 Å². The molecule has 106 valence electrons. The van der Waals surface area contributed by atoms with Crippen LogP contribution in [0.5, 0.6) is 0 Å². The Labute approximate surface area is 118 Å². The second-order valence-electron chi connectivity index (χ2n) is 4.55. The second-order valence-corrected chi connectivity index (χ2v) is 4.55. The lowest BCUT2D eigenvalue weighted by molar-refractivity contribution is -0.144. The van der Waals surface area contributed by atoms with Crippen LogP contribution in [0.4, 0.5) is 5.69 Å². The number of hydrogen-bond donors (Lipinski definition) is 1. The third-order valence-corrected chi connectivity index (χ3v) is 2.98. The van der Waals surface area contributed by atoms with Crippen molar-refractivity contribution in [2.24, 2.45) is 16.8 Å². The molecule has 1 aliphatic rings. The first kappa shape index (κ1) is 14.1. The van der Waals surface area contributed by atoms with Crippen LogP contribution in [0.25, 0.3) is 0 Å². The van der Waals surface area contributed by atoms with Gasteiger partial charge in [-0.05, 0) is 24.6 Å². The molecule has 1 aromatic carbocycles. The number of ether oxygens (including phenoxy) is 1. The van der Waals surface area contributed by atoms with Crippen LogP contribution in [0, 0.1) is 5.92 Å². The molecule has 1 aromatic rings. The Morgan fingerprint density at radius 1 is 1.40 bits per heavy atom. The molecule has 1 aliphatic heterocycles. The minimum atomic E-state index is -0.591. The zero-order valence-corrected chi connectivity index (χ0v) is 11.5. The Morgan fingerprint density at radius 3 is 2.80 bits per heavy atom. The first-order valence-electron chi connectivity index (χ1n) is 6.75. The molecule has 0 amide bonds. The van der Waals surface area contributed by atoms with Crippen LogP contribution >= 0.6 is 0 Å². The quantitative estimate of drug-likeness (QED) is 0.660. The summed E-state index contributed by atoms with van der Waals surface area (Å²) in [5.41, 5.74) is 6.76. The largest absolute Gasteiger partial charge is 0.465 e. The highest BCUT2D eigenvalue weighted by atomic mass is 16.5. The summed E-state index contributed by atoms with van der Waals surface area (Å²) in [6.45, 7) is 2.47. The summed E-state index contributed by atoms with van der Waals surface area (Å²) in [5.74, 6) is -0.687. The maximum Gasteiger partial charge on any atom is 0.320 e. The summed E-state index contributed by atoms with van der Waals surface area (Å²) in [6, 6.07) is 9.60. The van der Waals surface area contributed by atoms with Crippen molar-refractivity contribution in [3.8, 4) is 0 Å². The molecule has 5 heteroatoms. The van der Waals surface area contributed by atoms with Crippen molar-refractivity contribution in [2.75, 3.05) is 11.6 Å². The van der Waals surface area contributed by atoms with Crippen LogP contribution in [-0.2, 0) is 9.53 Å². The van der Waals surface area contributed by atoms with E-state index >= 15 is 0 Å². The van der Waals surface area contributed by atoms with Crippen LogP contribution < -0.4 is 10.7 Å². The van der Waals surface area contributed by atoms with Crippen molar-refractivity contribution in [2.45, 2.75) is 19.8 Å². The number of nitrogens with two attached hydrogens (primary N) is 1. The zero-order chi connectivity index (χ0) is 14.4. The monoisotopic (exact) mass is 273 g/mol. The number of carbonyl (C=O) groups excluding carboxylic acids is 1. The molecular formula is C15H19N3O2. The number of anilines is 1. The molecule has 1 atom stereocenters. The lowest BCUT2D eigenvalue weighted by Crippen LogP contribution is -2.35. The van der Waals surface area contributed by atoms with E-state index in [0.29, 0.717) is 6.61 Å². The number of hydrogen-bond acceptors (Lipinski definition) is 5. The van der Waals surface area contributed by atoms with Crippen molar-refractivity contribution in [1.82, 2.24) is 0 Å². The smallest absolute Gasteiger partial charge is 0.320 e. The van der Waals surface area contributed by atoms with Crippen molar-refractivity contribution in [3.63, 3.8) is 0 Å². The van der Waals surface area contributed by atoms with Gasteiger partial charge in [-0.15, -0.1) is 0 Å². The summed E-state index contributed by atoms with van der Waals surface area (Å²) < 4.78 is 5.16. The minimum Gasteiger partial charge on any atom is -0.465 e. The molecule has 0 bridgehead atoms. The topological polar surface area (TPSA) is 67.9 Å². The van der Waals surface area contributed by atoms with Gasteiger partial charge in [-0.25, -0.2) is 5.01 Å². The molecule has 1 heterocycles. The van der Waals surface area contributed by atoms with Crippen LogP contribution in [0.2, 0.25) is 0 Å². The Balaban J connectivity index is 2.01. The molecule has 0 spiro atoms. The van der Waals surface area contributed by atoms with Crippen LogP contribution in [0.1, 0.15) is 19.8 Å². The van der Waals surface area contributed by atoms with Gasteiger partial charge in [-0.2, -0.15) is 5.10 Å². The van der Waals surface area contributed by atoms with Gasteiger partial charge >= 0.3 is 5.97 Å². The molecule has 0 saturated heterocycles. The number of amidine groups is 1. The molecule has 0 aromatic heterocycles. The molecule has 2 N–H and O–H groups in total. The van der Waals surface area contributed by atoms with Crippen LogP contribution in [0.3, 0.4) is 0 Å². The standard InChI is InChI=1S/C15H19N3O2/c1-2-3-11-20-15(19)13-9-10-18(17-14(13)16)12-7-5-4-6-8-12/h4-10,13H,2-3,11H2,1H3,(H2,16,17). The van der Waals surface area contributed by atoms with E-state index in [1.54, 1.807) is 17.3 Å². The fourth-order valence-electron chi connectivity index (χ4n) is 1.82. The van der Waals surface area contributed by atoms with Crippen LogP contribution in [-0.4, -0.2) is 18.4 Å². The summed E-state index contributed by atoms with van der Waals surface area (Å²) in [4.78, 5) is 11.9. The number of unbranched alkanes of at least 4 members (excludes halogenated alkanes) is 1. The van der Waals surface area contributed by atoms with E-state index in [0.717, 1.165) is 18.5 Å². The van der Waals surface area contributed by atoms with E-state index in [1.165, 1.54) is 0 Å². The van der Waals surface area contributed by atoms with Gasteiger partial charge in [0.15, 0.2) is 0 Å². The minimum absolute atomic E-state index is 0.248. The summed E-state index contributed by atoms with van der Waals surface area (Å²) in [5, 5.41) is 5.87. The number of hydrazone groups is 1. The van der Waals surface area contributed by atoms with Gasteiger partial charge in [0.25, 0.3) is 0 Å². The molecule has 0 fully saturated rings. The first-order valence-corrected chi connectivity index (χ1v) is 6.75. The Kier molecular flexibility index (Phi) is 4.76.